The minimum atomic E-state index is -0.718. The normalized spacial score (nSPS) is 18.8. The van der Waals surface area contributed by atoms with Gasteiger partial charge >= 0.3 is 5.97 Å². The summed E-state index contributed by atoms with van der Waals surface area (Å²) in [6.07, 6.45) is 2.38. The van der Waals surface area contributed by atoms with Crippen molar-refractivity contribution >= 4 is 5.97 Å². The molecule has 1 aliphatic rings. The molecule has 0 spiro atoms. The Kier molecular flexibility index (Phi) is 2.52. The van der Waals surface area contributed by atoms with Crippen LogP contribution >= 0.6 is 0 Å². The second-order valence-corrected chi connectivity index (χ2v) is 3.52. The highest BCUT2D eigenvalue weighted by atomic mass is 16.4. The van der Waals surface area contributed by atoms with Crippen molar-refractivity contribution in [2.45, 2.75) is 31.7 Å². The van der Waals surface area contributed by atoms with Crippen LogP contribution in [0.5, 0.6) is 0 Å². The minimum Gasteiger partial charge on any atom is -0.480 e. The molecule has 0 aromatic carbocycles. The monoisotopic (exact) mass is 169 g/mol. The number of hydrogen-bond donors (Lipinski definition) is 2. The van der Waals surface area contributed by atoms with E-state index in [1.807, 2.05) is 6.92 Å². The average Bonchev–Trinajstić information content (AvgIpc) is 2.68. The third-order valence-electron chi connectivity index (χ3n) is 2.17. The molecule has 2 N–H and O–H groups in total. The summed E-state index contributed by atoms with van der Waals surface area (Å²) in [6, 6.07) is 0. The molecule has 1 saturated carbocycles. The van der Waals surface area contributed by atoms with Crippen LogP contribution in [0.1, 0.15) is 26.2 Å². The van der Waals surface area contributed by atoms with E-state index in [9.17, 15) is 4.79 Å². The Bertz CT molecular complexity index is 207. The molecule has 1 rings (SSSR count). The van der Waals surface area contributed by atoms with Crippen molar-refractivity contribution in [3.8, 4) is 0 Å². The fourth-order valence-electron chi connectivity index (χ4n) is 1.11. The Balaban J connectivity index is 2.23. The van der Waals surface area contributed by atoms with Gasteiger partial charge in [0.1, 0.15) is 5.54 Å². The molecule has 0 aromatic rings. The number of carboxylic acids is 1. The van der Waals surface area contributed by atoms with Crippen LogP contribution in [0.3, 0.4) is 0 Å². The minimum absolute atomic E-state index is 0.588. The fraction of sp³-hybridized carbons (Fsp3) is 0.667. The van der Waals surface area contributed by atoms with Crippen LogP contribution in [0.4, 0.5) is 0 Å². The first-order valence-corrected chi connectivity index (χ1v) is 4.20. The van der Waals surface area contributed by atoms with Crippen LogP contribution in [0.15, 0.2) is 12.2 Å². The summed E-state index contributed by atoms with van der Waals surface area (Å²) in [5, 5.41) is 11.8. The van der Waals surface area contributed by atoms with E-state index in [-0.39, 0.29) is 0 Å². The third-order valence-corrected chi connectivity index (χ3v) is 2.17. The standard InChI is InChI=1S/C9H15NO2/c1-7(2)3-6-10-9(4-5-9)8(11)12/h10H,1,3-6H2,2H3,(H,11,12). The van der Waals surface area contributed by atoms with Gasteiger partial charge in [0.2, 0.25) is 0 Å². The molecule has 0 heterocycles. The number of carbonyl (C=O) groups is 1. The van der Waals surface area contributed by atoms with E-state index in [0.29, 0.717) is 0 Å². The molecule has 1 aliphatic carbocycles. The number of hydrogen-bond acceptors (Lipinski definition) is 2. The van der Waals surface area contributed by atoms with Gasteiger partial charge in [0.05, 0.1) is 0 Å². The lowest BCUT2D eigenvalue weighted by Crippen LogP contribution is -2.39. The van der Waals surface area contributed by atoms with Crippen molar-refractivity contribution in [1.29, 1.82) is 0 Å². The van der Waals surface area contributed by atoms with Crippen molar-refractivity contribution in [2.75, 3.05) is 6.54 Å². The lowest BCUT2D eigenvalue weighted by atomic mass is 10.2. The van der Waals surface area contributed by atoms with Crippen LogP contribution in [0, 0.1) is 0 Å². The summed E-state index contributed by atoms with van der Waals surface area (Å²) in [4.78, 5) is 10.7. The van der Waals surface area contributed by atoms with Gasteiger partial charge in [0.15, 0.2) is 0 Å². The highest BCUT2D eigenvalue weighted by Crippen LogP contribution is 2.35. The predicted molar refractivity (Wildman–Crippen MR) is 47.0 cm³/mol. The summed E-state index contributed by atoms with van der Waals surface area (Å²) in [6.45, 7) is 6.42. The van der Waals surface area contributed by atoms with Crippen LogP contribution in [-0.2, 0) is 4.79 Å². The van der Waals surface area contributed by atoms with Crippen LogP contribution in [0.25, 0.3) is 0 Å². The molecule has 0 unspecified atom stereocenters. The largest absolute Gasteiger partial charge is 0.480 e. The van der Waals surface area contributed by atoms with Gasteiger partial charge in [-0.2, -0.15) is 0 Å². The molecular weight excluding hydrogens is 154 g/mol. The first-order valence-electron chi connectivity index (χ1n) is 4.20. The van der Waals surface area contributed by atoms with Crippen molar-refractivity contribution in [1.82, 2.24) is 5.32 Å². The van der Waals surface area contributed by atoms with Gasteiger partial charge in [-0.3, -0.25) is 4.79 Å². The van der Waals surface area contributed by atoms with Crippen molar-refractivity contribution in [3.63, 3.8) is 0 Å². The van der Waals surface area contributed by atoms with Crippen molar-refractivity contribution < 1.29 is 9.90 Å². The second-order valence-electron chi connectivity index (χ2n) is 3.52. The quantitative estimate of drug-likeness (QED) is 0.607. The van der Waals surface area contributed by atoms with Gasteiger partial charge in [0, 0.05) is 0 Å². The Morgan fingerprint density at radius 2 is 2.25 bits per heavy atom. The topological polar surface area (TPSA) is 49.3 Å². The maximum atomic E-state index is 10.7. The maximum Gasteiger partial charge on any atom is 0.323 e. The zero-order chi connectivity index (χ0) is 9.19. The molecule has 3 heteroatoms. The first kappa shape index (κ1) is 9.26. The molecule has 12 heavy (non-hydrogen) atoms. The lowest BCUT2D eigenvalue weighted by Gasteiger charge is -2.11. The highest BCUT2D eigenvalue weighted by Gasteiger charge is 2.49. The summed E-state index contributed by atoms with van der Waals surface area (Å²) in [5.74, 6) is -0.718. The van der Waals surface area contributed by atoms with Crippen molar-refractivity contribution in [3.05, 3.63) is 12.2 Å². The van der Waals surface area contributed by atoms with Gasteiger partial charge in [-0.15, -0.1) is 6.58 Å². The Hall–Kier alpha value is -0.830. The zero-order valence-electron chi connectivity index (χ0n) is 7.39. The van der Waals surface area contributed by atoms with Crippen LogP contribution in [0.2, 0.25) is 0 Å². The Morgan fingerprint density at radius 1 is 1.67 bits per heavy atom. The number of rotatable bonds is 5. The predicted octanol–water partition coefficient (Wildman–Crippen LogP) is 1.16. The summed E-state index contributed by atoms with van der Waals surface area (Å²) in [5.41, 5.74) is 0.499. The molecule has 0 radical (unpaired) electrons. The third kappa shape index (κ3) is 2.08. The average molecular weight is 169 g/mol. The van der Waals surface area contributed by atoms with Gasteiger partial charge in [-0.1, -0.05) is 5.57 Å². The fourth-order valence-corrected chi connectivity index (χ4v) is 1.11. The van der Waals surface area contributed by atoms with E-state index in [2.05, 4.69) is 11.9 Å². The molecule has 1 fully saturated rings. The van der Waals surface area contributed by atoms with Gasteiger partial charge in [-0.25, -0.2) is 0 Å². The zero-order valence-corrected chi connectivity index (χ0v) is 7.39. The van der Waals surface area contributed by atoms with Gasteiger partial charge < -0.3 is 10.4 Å². The van der Waals surface area contributed by atoms with E-state index >= 15 is 0 Å². The molecule has 0 atom stereocenters. The maximum absolute atomic E-state index is 10.7. The number of carboxylic acid groups (broad SMARTS) is 1. The Morgan fingerprint density at radius 3 is 2.58 bits per heavy atom. The SMILES string of the molecule is C=C(C)CCNC1(C(=O)O)CC1. The summed E-state index contributed by atoms with van der Waals surface area (Å²) in [7, 11) is 0. The van der Waals surface area contributed by atoms with E-state index in [1.165, 1.54) is 0 Å². The van der Waals surface area contributed by atoms with E-state index in [0.717, 1.165) is 31.4 Å². The highest BCUT2D eigenvalue weighted by molar-refractivity contribution is 5.82. The van der Waals surface area contributed by atoms with Crippen molar-refractivity contribution in [2.24, 2.45) is 0 Å². The van der Waals surface area contributed by atoms with E-state index in [1.54, 1.807) is 0 Å². The van der Waals surface area contributed by atoms with Gasteiger partial charge in [0.25, 0.3) is 0 Å². The molecule has 0 aliphatic heterocycles. The molecule has 0 bridgehead atoms. The molecule has 0 aromatic heterocycles. The molecular formula is C9H15NO2. The van der Waals surface area contributed by atoms with E-state index < -0.39 is 11.5 Å². The second kappa shape index (κ2) is 3.27. The lowest BCUT2D eigenvalue weighted by molar-refractivity contribution is -0.140. The smallest absolute Gasteiger partial charge is 0.323 e. The molecule has 0 amide bonds. The summed E-state index contributed by atoms with van der Waals surface area (Å²) >= 11 is 0. The Labute approximate surface area is 72.5 Å². The molecule has 68 valence electrons. The van der Waals surface area contributed by atoms with Crippen LogP contribution < -0.4 is 5.32 Å². The molecule has 3 nitrogen and oxygen atoms in total. The van der Waals surface area contributed by atoms with E-state index in [4.69, 9.17) is 5.11 Å². The van der Waals surface area contributed by atoms with Gasteiger partial charge in [-0.05, 0) is 32.7 Å². The number of aliphatic carboxylic acids is 1. The van der Waals surface area contributed by atoms with Crippen LogP contribution in [-0.4, -0.2) is 23.2 Å². The number of nitrogens with one attached hydrogen (secondary N) is 1. The summed E-state index contributed by atoms with van der Waals surface area (Å²) < 4.78 is 0. The molecule has 0 saturated heterocycles. The first-order chi connectivity index (χ1) is 5.57.